The largest absolute Gasteiger partial charge is 0.478 e. The van der Waals surface area contributed by atoms with Gasteiger partial charge in [0.05, 0.1) is 16.3 Å². The van der Waals surface area contributed by atoms with Gasteiger partial charge in [0.15, 0.2) is 0 Å². The zero-order valence-corrected chi connectivity index (χ0v) is 12.1. The minimum atomic E-state index is -1.05. The van der Waals surface area contributed by atoms with Crippen LogP contribution in [0.1, 0.15) is 23.7 Å². The highest BCUT2D eigenvalue weighted by molar-refractivity contribution is 6.34. The average Bonchev–Trinajstić information content (AvgIpc) is 3.06. The predicted molar refractivity (Wildman–Crippen MR) is 77.3 cm³/mol. The fourth-order valence-corrected chi connectivity index (χ4v) is 2.28. The molecule has 0 aromatic heterocycles. The summed E-state index contributed by atoms with van der Waals surface area (Å²) < 4.78 is 0. The summed E-state index contributed by atoms with van der Waals surface area (Å²) in [5.41, 5.74) is 0.505. The number of anilines is 1. The molecule has 1 aromatic rings. The average molecular weight is 297 g/mol. The molecule has 1 saturated carbocycles. The Morgan fingerprint density at radius 1 is 1.50 bits per heavy atom. The molecule has 2 unspecified atom stereocenters. The van der Waals surface area contributed by atoms with E-state index in [0.29, 0.717) is 17.5 Å². The summed E-state index contributed by atoms with van der Waals surface area (Å²) in [5, 5.41) is 11.7. The van der Waals surface area contributed by atoms with Gasteiger partial charge >= 0.3 is 12.0 Å². The van der Waals surface area contributed by atoms with E-state index in [0.717, 1.165) is 13.0 Å². The normalized spacial score (nSPS) is 20.4. The lowest BCUT2D eigenvalue weighted by Crippen LogP contribution is -2.33. The van der Waals surface area contributed by atoms with E-state index in [4.69, 9.17) is 16.7 Å². The summed E-state index contributed by atoms with van der Waals surface area (Å²) in [6.07, 6.45) is 1.16. The molecule has 2 atom stereocenters. The van der Waals surface area contributed by atoms with Crippen LogP contribution in [0.5, 0.6) is 0 Å². The zero-order valence-electron chi connectivity index (χ0n) is 11.4. The van der Waals surface area contributed by atoms with Crippen LogP contribution in [0.15, 0.2) is 18.2 Å². The fraction of sp³-hybridized carbons (Fsp3) is 0.429. The topological polar surface area (TPSA) is 69.6 Å². The second-order valence-electron chi connectivity index (χ2n) is 5.28. The molecular formula is C14H17ClN2O3. The highest BCUT2D eigenvalue weighted by atomic mass is 35.5. The van der Waals surface area contributed by atoms with Gasteiger partial charge in [-0.25, -0.2) is 9.59 Å². The third-order valence-electron chi connectivity index (χ3n) is 3.59. The first-order valence-corrected chi connectivity index (χ1v) is 6.81. The lowest BCUT2D eigenvalue weighted by Gasteiger charge is -2.18. The molecule has 1 aliphatic rings. The number of halogens is 1. The number of carboxylic acid groups (broad SMARTS) is 1. The maximum atomic E-state index is 12.0. The fourth-order valence-electron chi connectivity index (χ4n) is 2.05. The highest BCUT2D eigenvalue weighted by Gasteiger charge is 2.34. The molecule has 0 bridgehead atoms. The minimum absolute atomic E-state index is 0.0909. The Balaban J connectivity index is 1.98. The van der Waals surface area contributed by atoms with E-state index in [-0.39, 0.29) is 16.6 Å². The third kappa shape index (κ3) is 3.42. The number of carbonyl (C=O) groups excluding carboxylic acids is 1. The van der Waals surface area contributed by atoms with E-state index in [1.807, 2.05) is 0 Å². The molecule has 0 aliphatic heterocycles. The van der Waals surface area contributed by atoms with Gasteiger partial charge in [-0.2, -0.15) is 0 Å². The molecule has 5 nitrogen and oxygen atoms in total. The number of carboxylic acids is 1. The van der Waals surface area contributed by atoms with Gasteiger partial charge < -0.3 is 15.3 Å². The van der Waals surface area contributed by atoms with Crippen LogP contribution in [0.4, 0.5) is 10.5 Å². The van der Waals surface area contributed by atoms with Gasteiger partial charge in [0, 0.05) is 13.6 Å². The molecule has 0 radical (unpaired) electrons. The number of rotatable bonds is 4. The monoisotopic (exact) mass is 296 g/mol. The van der Waals surface area contributed by atoms with Gasteiger partial charge in [-0.15, -0.1) is 0 Å². The van der Waals surface area contributed by atoms with Gasteiger partial charge in [0.1, 0.15) is 0 Å². The van der Waals surface area contributed by atoms with E-state index in [9.17, 15) is 9.59 Å². The number of benzene rings is 1. The summed E-state index contributed by atoms with van der Waals surface area (Å²) in [4.78, 5) is 24.4. The smallest absolute Gasteiger partial charge is 0.335 e. The molecule has 0 heterocycles. The van der Waals surface area contributed by atoms with Gasteiger partial charge in [0.2, 0.25) is 0 Å². The van der Waals surface area contributed by atoms with Crippen LogP contribution < -0.4 is 5.32 Å². The predicted octanol–water partition coefficient (Wildman–Crippen LogP) is 3.16. The van der Waals surface area contributed by atoms with Crippen molar-refractivity contribution in [3.8, 4) is 0 Å². The summed E-state index contributed by atoms with van der Waals surface area (Å²) in [7, 11) is 1.74. The van der Waals surface area contributed by atoms with E-state index in [1.54, 1.807) is 11.9 Å². The number of hydrogen-bond donors (Lipinski definition) is 2. The van der Waals surface area contributed by atoms with Crippen molar-refractivity contribution >= 4 is 29.3 Å². The van der Waals surface area contributed by atoms with Gasteiger partial charge in [0.25, 0.3) is 0 Å². The van der Waals surface area contributed by atoms with Gasteiger partial charge in [-0.1, -0.05) is 18.5 Å². The molecule has 1 aliphatic carbocycles. The number of nitrogens with one attached hydrogen (secondary N) is 1. The number of aromatic carboxylic acids is 1. The van der Waals surface area contributed by atoms with Crippen LogP contribution >= 0.6 is 11.6 Å². The minimum Gasteiger partial charge on any atom is -0.478 e. The second-order valence-corrected chi connectivity index (χ2v) is 5.69. The number of hydrogen-bond acceptors (Lipinski definition) is 2. The number of nitrogens with zero attached hydrogens (tertiary/aromatic N) is 1. The Morgan fingerprint density at radius 3 is 2.65 bits per heavy atom. The Bertz CT molecular complexity index is 547. The van der Waals surface area contributed by atoms with Crippen molar-refractivity contribution in [1.82, 2.24) is 4.90 Å². The summed E-state index contributed by atoms with van der Waals surface area (Å²) >= 11 is 5.97. The number of carbonyl (C=O) groups is 2. The molecule has 1 fully saturated rings. The molecule has 2 amide bonds. The van der Waals surface area contributed by atoms with Crippen molar-refractivity contribution in [2.75, 3.05) is 18.9 Å². The first-order chi connectivity index (χ1) is 9.38. The van der Waals surface area contributed by atoms with E-state index in [1.165, 1.54) is 18.2 Å². The molecule has 1 aromatic carbocycles. The van der Waals surface area contributed by atoms with Crippen LogP contribution in [-0.4, -0.2) is 35.6 Å². The first kappa shape index (κ1) is 14.7. The molecule has 20 heavy (non-hydrogen) atoms. The number of urea groups is 1. The van der Waals surface area contributed by atoms with Crippen LogP contribution in [0.25, 0.3) is 0 Å². The summed E-state index contributed by atoms with van der Waals surface area (Å²) in [5.74, 6) is 0.212. The Labute approximate surface area is 122 Å². The number of amides is 2. The van der Waals surface area contributed by atoms with Crippen molar-refractivity contribution in [3.63, 3.8) is 0 Å². The van der Waals surface area contributed by atoms with Crippen molar-refractivity contribution in [2.45, 2.75) is 13.3 Å². The van der Waals surface area contributed by atoms with Crippen LogP contribution in [0, 0.1) is 11.8 Å². The molecule has 108 valence electrons. The zero-order chi connectivity index (χ0) is 14.9. The molecule has 0 saturated heterocycles. The van der Waals surface area contributed by atoms with Crippen molar-refractivity contribution in [3.05, 3.63) is 28.8 Å². The summed E-state index contributed by atoms with van der Waals surface area (Å²) in [6, 6.07) is 3.99. The van der Waals surface area contributed by atoms with E-state index >= 15 is 0 Å². The Morgan fingerprint density at radius 2 is 2.15 bits per heavy atom. The lowest BCUT2D eigenvalue weighted by atomic mass is 10.2. The van der Waals surface area contributed by atoms with Gasteiger partial charge in [-0.3, -0.25) is 0 Å². The van der Waals surface area contributed by atoms with Crippen LogP contribution in [-0.2, 0) is 0 Å². The highest BCUT2D eigenvalue weighted by Crippen LogP contribution is 2.38. The summed E-state index contributed by atoms with van der Waals surface area (Å²) in [6.45, 7) is 2.88. The molecule has 2 N–H and O–H groups in total. The third-order valence-corrected chi connectivity index (χ3v) is 3.90. The molecule has 0 spiro atoms. The van der Waals surface area contributed by atoms with E-state index in [2.05, 4.69) is 12.2 Å². The second kappa shape index (κ2) is 5.71. The van der Waals surface area contributed by atoms with E-state index < -0.39 is 5.97 Å². The van der Waals surface area contributed by atoms with Gasteiger partial charge in [-0.05, 0) is 36.5 Å². The first-order valence-electron chi connectivity index (χ1n) is 6.43. The molecule has 6 heteroatoms. The quantitative estimate of drug-likeness (QED) is 0.896. The van der Waals surface area contributed by atoms with Crippen LogP contribution in [0.2, 0.25) is 5.02 Å². The molecular weight excluding hydrogens is 280 g/mol. The standard InChI is InChI=1S/C14H17ClN2O3/c1-8-5-10(8)7-17(2)14(20)16-12-4-3-9(13(18)19)6-11(12)15/h3-4,6,8,10H,5,7H2,1-2H3,(H,16,20)(H,18,19). The SMILES string of the molecule is CC1CC1CN(C)C(=O)Nc1ccc(C(=O)O)cc1Cl. The van der Waals surface area contributed by atoms with Crippen LogP contribution in [0.3, 0.4) is 0 Å². The Hall–Kier alpha value is -1.75. The molecule has 2 rings (SSSR count). The van der Waals surface area contributed by atoms with Crippen molar-refractivity contribution in [2.24, 2.45) is 11.8 Å². The van der Waals surface area contributed by atoms with Crippen molar-refractivity contribution in [1.29, 1.82) is 0 Å². The Kier molecular flexibility index (Phi) is 4.18. The van der Waals surface area contributed by atoms with Crippen molar-refractivity contribution < 1.29 is 14.7 Å². The maximum absolute atomic E-state index is 12.0. The lowest BCUT2D eigenvalue weighted by molar-refractivity contribution is 0.0697. The maximum Gasteiger partial charge on any atom is 0.335 e.